The number of carbonyl (C=O) groups excluding carboxylic acids is 1. The normalized spacial score (nSPS) is 16.5. The van der Waals surface area contributed by atoms with Gasteiger partial charge < -0.3 is 15.1 Å². The highest BCUT2D eigenvalue weighted by Gasteiger charge is 2.25. The third kappa shape index (κ3) is 5.22. The van der Waals surface area contributed by atoms with Gasteiger partial charge in [-0.2, -0.15) is 0 Å². The number of likely N-dealkylation sites (tertiary alicyclic amines) is 1. The smallest absolute Gasteiger partial charge is 0.223 e. The summed E-state index contributed by atoms with van der Waals surface area (Å²) in [4.78, 5) is 18.9. The Balaban J connectivity index is 0.00000169. The second kappa shape index (κ2) is 10.6. The number of rotatable bonds is 5. The zero-order valence-electron chi connectivity index (χ0n) is 15.0. The Morgan fingerprint density at radius 1 is 1.27 bits per heavy atom. The number of nitrogens with zero attached hydrogens (tertiary/aromatic N) is 2. The van der Waals surface area contributed by atoms with E-state index >= 15 is 0 Å². The van der Waals surface area contributed by atoms with E-state index in [2.05, 4.69) is 4.98 Å². The SMILES string of the molecule is Cc1nc(CCC(=O)N2CCCCC2CN)oc1-c1ccccc1.Cl.Cl. The fourth-order valence-corrected chi connectivity index (χ4v) is 3.35. The van der Waals surface area contributed by atoms with Gasteiger partial charge in [-0.1, -0.05) is 30.3 Å². The molecule has 1 saturated heterocycles. The highest BCUT2D eigenvalue weighted by Crippen LogP contribution is 2.25. The van der Waals surface area contributed by atoms with Crippen LogP contribution in [0.2, 0.25) is 0 Å². The summed E-state index contributed by atoms with van der Waals surface area (Å²) in [6, 6.07) is 10.1. The Bertz CT molecular complexity index is 691. The molecule has 1 unspecified atom stereocenters. The summed E-state index contributed by atoms with van der Waals surface area (Å²) in [6.45, 7) is 3.30. The van der Waals surface area contributed by atoms with E-state index in [1.807, 2.05) is 42.2 Å². The minimum Gasteiger partial charge on any atom is -0.440 e. The number of aryl methyl sites for hydroxylation is 2. The third-order valence-corrected chi connectivity index (χ3v) is 4.65. The van der Waals surface area contributed by atoms with Crippen molar-refractivity contribution in [1.82, 2.24) is 9.88 Å². The second-order valence-corrected chi connectivity index (χ2v) is 6.36. The number of nitrogens with two attached hydrogens (primary N) is 1. The number of piperidine rings is 1. The fourth-order valence-electron chi connectivity index (χ4n) is 3.35. The van der Waals surface area contributed by atoms with Crippen LogP contribution in [0.25, 0.3) is 11.3 Å². The Kier molecular flexibility index (Phi) is 9.13. The zero-order valence-corrected chi connectivity index (χ0v) is 16.7. The Morgan fingerprint density at radius 2 is 2.00 bits per heavy atom. The van der Waals surface area contributed by atoms with Gasteiger partial charge in [0.1, 0.15) is 0 Å². The molecule has 26 heavy (non-hydrogen) atoms. The van der Waals surface area contributed by atoms with Gasteiger partial charge in [-0.3, -0.25) is 4.79 Å². The number of amides is 1. The lowest BCUT2D eigenvalue weighted by Gasteiger charge is -2.35. The van der Waals surface area contributed by atoms with E-state index in [0.717, 1.165) is 42.8 Å². The van der Waals surface area contributed by atoms with Gasteiger partial charge in [-0.15, -0.1) is 24.8 Å². The van der Waals surface area contributed by atoms with Crippen LogP contribution in [-0.2, 0) is 11.2 Å². The van der Waals surface area contributed by atoms with Crippen molar-refractivity contribution in [2.24, 2.45) is 5.73 Å². The first-order valence-corrected chi connectivity index (χ1v) is 8.70. The summed E-state index contributed by atoms with van der Waals surface area (Å²) >= 11 is 0. The molecule has 1 fully saturated rings. The van der Waals surface area contributed by atoms with Crippen LogP contribution in [0.15, 0.2) is 34.7 Å². The maximum Gasteiger partial charge on any atom is 0.223 e. The van der Waals surface area contributed by atoms with Gasteiger partial charge >= 0.3 is 0 Å². The summed E-state index contributed by atoms with van der Waals surface area (Å²) in [5.74, 6) is 1.57. The van der Waals surface area contributed by atoms with Gasteiger partial charge in [0.2, 0.25) is 5.91 Å². The Morgan fingerprint density at radius 3 is 2.69 bits per heavy atom. The van der Waals surface area contributed by atoms with Crippen molar-refractivity contribution >= 4 is 30.7 Å². The topological polar surface area (TPSA) is 72.4 Å². The molecule has 0 aliphatic carbocycles. The van der Waals surface area contributed by atoms with Gasteiger partial charge in [0, 0.05) is 37.5 Å². The first-order chi connectivity index (χ1) is 11.7. The van der Waals surface area contributed by atoms with Gasteiger partial charge in [0.15, 0.2) is 11.7 Å². The standard InChI is InChI=1S/C19H25N3O2.2ClH/c1-14-19(15-7-3-2-4-8-15)24-17(21-14)10-11-18(23)22-12-6-5-9-16(22)13-20;;/h2-4,7-8,16H,5-6,9-13,20H2,1H3;2*1H. The van der Waals surface area contributed by atoms with E-state index in [0.29, 0.717) is 25.3 Å². The van der Waals surface area contributed by atoms with Crippen molar-refractivity contribution in [1.29, 1.82) is 0 Å². The van der Waals surface area contributed by atoms with Crippen LogP contribution >= 0.6 is 24.8 Å². The molecule has 3 rings (SSSR count). The van der Waals surface area contributed by atoms with Crippen LogP contribution in [0.1, 0.15) is 37.3 Å². The lowest BCUT2D eigenvalue weighted by molar-refractivity contribution is -0.134. The van der Waals surface area contributed by atoms with E-state index in [1.165, 1.54) is 0 Å². The molecule has 0 radical (unpaired) electrons. The number of oxazole rings is 1. The van der Waals surface area contributed by atoms with Crippen molar-refractivity contribution in [2.75, 3.05) is 13.1 Å². The third-order valence-electron chi connectivity index (χ3n) is 4.65. The molecule has 2 N–H and O–H groups in total. The van der Waals surface area contributed by atoms with E-state index in [1.54, 1.807) is 0 Å². The van der Waals surface area contributed by atoms with Gasteiger partial charge in [0.05, 0.1) is 5.69 Å². The number of benzene rings is 1. The summed E-state index contributed by atoms with van der Waals surface area (Å²) in [6.07, 6.45) is 4.19. The second-order valence-electron chi connectivity index (χ2n) is 6.36. The minimum absolute atomic E-state index is 0. The first kappa shape index (κ1) is 22.5. The molecule has 1 aliphatic rings. The molecule has 144 valence electrons. The molecular formula is C19H27Cl2N3O2. The van der Waals surface area contributed by atoms with Crippen LogP contribution in [-0.4, -0.2) is 34.9 Å². The molecule has 2 aromatic rings. The molecule has 1 aromatic heterocycles. The molecule has 1 amide bonds. The van der Waals surface area contributed by atoms with Crippen molar-refractivity contribution in [3.8, 4) is 11.3 Å². The summed E-state index contributed by atoms with van der Waals surface area (Å²) in [7, 11) is 0. The Hall–Kier alpha value is -1.56. The fraction of sp³-hybridized carbons (Fsp3) is 0.474. The number of aromatic nitrogens is 1. The quantitative estimate of drug-likeness (QED) is 0.830. The maximum absolute atomic E-state index is 12.5. The van der Waals surface area contributed by atoms with Crippen LogP contribution in [0.5, 0.6) is 0 Å². The highest BCUT2D eigenvalue weighted by molar-refractivity contribution is 5.85. The largest absolute Gasteiger partial charge is 0.440 e. The summed E-state index contributed by atoms with van der Waals surface area (Å²) in [5.41, 5.74) is 7.68. The molecule has 0 saturated carbocycles. The molecular weight excluding hydrogens is 373 g/mol. The van der Waals surface area contributed by atoms with E-state index < -0.39 is 0 Å². The molecule has 1 aromatic carbocycles. The average molecular weight is 400 g/mol. The Labute approximate surface area is 167 Å². The molecule has 0 spiro atoms. The summed E-state index contributed by atoms with van der Waals surface area (Å²) in [5, 5.41) is 0. The van der Waals surface area contributed by atoms with Crippen LogP contribution < -0.4 is 5.73 Å². The highest BCUT2D eigenvalue weighted by atomic mass is 35.5. The predicted octanol–water partition coefficient (Wildman–Crippen LogP) is 3.77. The zero-order chi connectivity index (χ0) is 16.9. The molecule has 1 aliphatic heterocycles. The molecule has 7 heteroatoms. The van der Waals surface area contributed by atoms with Crippen molar-refractivity contribution < 1.29 is 9.21 Å². The van der Waals surface area contributed by atoms with E-state index in [-0.39, 0.29) is 36.8 Å². The van der Waals surface area contributed by atoms with Crippen LogP contribution in [0, 0.1) is 6.92 Å². The lowest BCUT2D eigenvalue weighted by atomic mass is 10.0. The van der Waals surface area contributed by atoms with E-state index in [4.69, 9.17) is 10.2 Å². The van der Waals surface area contributed by atoms with Gasteiger partial charge in [0.25, 0.3) is 0 Å². The monoisotopic (exact) mass is 399 g/mol. The molecule has 2 heterocycles. The van der Waals surface area contributed by atoms with Crippen LogP contribution in [0.4, 0.5) is 0 Å². The van der Waals surface area contributed by atoms with Crippen molar-refractivity contribution in [3.63, 3.8) is 0 Å². The first-order valence-electron chi connectivity index (χ1n) is 8.70. The number of hydrogen-bond donors (Lipinski definition) is 1. The molecule has 5 nitrogen and oxygen atoms in total. The van der Waals surface area contributed by atoms with Gasteiger partial charge in [-0.25, -0.2) is 4.98 Å². The number of hydrogen-bond acceptors (Lipinski definition) is 4. The predicted molar refractivity (Wildman–Crippen MR) is 108 cm³/mol. The summed E-state index contributed by atoms with van der Waals surface area (Å²) < 4.78 is 5.88. The van der Waals surface area contributed by atoms with Crippen molar-refractivity contribution in [2.45, 2.75) is 45.1 Å². The minimum atomic E-state index is 0. The van der Waals surface area contributed by atoms with Gasteiger partial charge in [-0.05, 0) is 26.2 Å². The number of carbonyl (C=O) groups is 1. The molecule has 0 bridgehead atoms. The average Bonchev–Trinajstić information content (AvgIpc) is 3.01. The lowest BCUT2D eigenvalue weighted by Crippen LogP contribution is -2.47. The van der Waals surface area contributed by atoms with Crippen molar-refractivity contribution in [3.05, 3.63) is 41.9 Å². The maximum atomic E-state index is 12.5. The van der Waals surface area contributed by atoms with Crippen LogP contribution in [0.3, 0.4) is 0 Å². The van der Waals surface area contributed by atoms with E-state index in [9.17, 15) is 4.79 Å². The number of halogens is 2. The molecule has 1 atom stereocenters.